The molecular formula is C20H23NO6S. The van der Waals surface area contributed by atoms with Gasteiger partial charge in [-0.25, -0.2) is 13.2 Å². The van der Waals surface area contributed by atoms with Crippen LogP contribution in [-0.2, 0) is 14.8 Å². The Hall–Kier alpha value is -2.87. The van der Waals surface area contributed by atoms with Crippen LogP contribution in [0.3, 0.4) is 0 Å². The molecule has 8 heteroatoms. The van der Waals surface area contributed by atoms with Crippen molar-refractivity contribution < 1.29 is 27.5 Å². The highest BCUT2D eigenvalue weighted by Gasteiger charge is 2.20. The van der Waals surface area contributed by atoms with E-state index in [1.807, 2.05) is 13.8 Å². The van der Waals surface area contributed by atoms with Gasteiger partial charge < -0.3 is 9.47 Å². The van der Waals surface area contributed by atoms with Gasteiger partial charge in [0.05, 0.1) is 17.9 Å². The van der Waals surface area contributed by atoms with Gasteiger partial charge in [0.1, 0.15) is 5.75 Å². The molecule has 2 rings (SSSR count). The number of carbonyl (C=O) groups excluding carboxylic acids is 2. The highest BCUT2D eigenvalue weighted by molar-refractivity contribution is 7.92. The second kappa shape index (κ2) is 8.88. The molecule has 0 bridgehead atoms. The SMILES string of the molecule is CC(C)Oc1ccc(C(=O)O[C@@H](C)C(=O)c2ccc(NS(C)(=O)=O)cc2)cc1. The normalized spacial score (nSPS) is 12.3. The molecule has 0 saturated carbocycles. The Labute approximate surface area is 164 Å². The minimum atomic E-state index is -3.40. The first-order chi connectivity index (χ1) is 13.0. The number of carbonyl (C=O) groups is 2. The Morgan fingerprint density at radius 3 is 1.93 bits per heavy atom. The molecule has 0 aliphatic heterocycles. The maximum Gasteiger partial charge on any atom is 0.338 e. The zero-order valence-corrected chi connectivity index (χ0v) is 16.9. The summed E-state index contributed by atoms with van der Waals surface area (Å²) < 4.78 is 35.5. The van der Waals surface area contributed by atoms with E-state index in [9.17, 15) is 18.0 Å². The standard InChI is InChI=1S/C20H23NO6S/c1-13(2)26-18-11-7-16(8-12-18)20(23)27-14(3)19(22)15-5-9-17(10-6-15)21-28(4,24)25/h5-14,21H,1-4H3/t14-/m0/s1. The van der Waals surface area contributed by atoms with Crippen LogP contribution in [0.1, 0.15) is 41.5 Å². The Bertz CT molecular complexity index is 934. The number of rotatable bonds is 8. The number of sulfonamides is 1. The zero-order valence-electron chi connectivity index (χ0n) is 16.1. The Morgan fingerprint density at radius 2 is 1.43 bits per heavy atom. The fraction of sp³-hybridized carbons (Fsp3) is 0.300. The Balaban J connectivity index is 2.00. The smallest absolute Gasteiger partial charge is 0.338 e. The summed E-state index contributed by atoms with van der Waals surface area (Å²) in [6.45, 7) is 5.29. The van der Waals surface area contributed by atoms with Crippen LogP contribution >= 0.6 is 0 Å². The van der Waals surface area contributed by atoms with Crippen LogP contribution in [0.4, 0.5) is 5.69 Å². The van der Waals surface area contributed by atoms with E-state index in [4.69, 9.17) is 9.47 Å². The van der Waals surface area contributed by atoms with E-state index in [-0.39, 0.29) is 11.9 Å². The number of nitrogens with one attached hydrogen (secondary N) is 1. The molecule has 150 valence electrons. The number of esters is 1. The van der Waals surface area contributed by atoms with Crippen LogP contribution in [0.15, 0.2) is 48.5 Å². The summed E-state index contributed by atoms with van der Waals surface area (Å²) in [5.74, 6) is -0.371. The summed E-state index contributed by atoms with van der Waals surface area (Å²) in [6, 6.07) is 12.3. The van der Waals surface area contributed by atoms with Crippen LogP contribution in [0.5, 0.6) is 5.75 Å². The quantitative estimate of drug-likeness (QED) is 0.535. The summed E-state index contributed by atoms with van der Waals surface area (Å²) in [4.78, 5) is 24.7. The van der Waals surface area contributed by atoms with E-state index in [2.05, 4.69) is 4.72 Å². The van der Waals surface area contributed by atoms with Crippen molar-refractivity contribution in [2.45, 2.75) is 33.0 Å². The molecule has 2 aromatic carbocycles. The van der Waals surface area contributed by atoms with Crippen molar-refractivity contribution in [1.29, 1.82) is 0 Å². The minimum absolute atomic E-state index is 0.0227. The van der Waals surface area contributed by atoms with Gasteiger partial charge in [-0.3, -0.25) is 9.52 Å². The van der Waals surface area contributed by atoms with Gasteiger partial charge in [0.25, 0.3) is 0 Å². The van der Waals surface area contributed by atoms with Gasteiger partial charge in [-0.1, -0.05) is 0 Å². The number of hydrogen-bond acceptors (Lipinski definition) is 6. The van der Waals surface area contributed by atoms with Crippen molar-refractivity contribution in [3.63, 3.8) is 0 Å². The van der Waals surface area contributed by atoms with Crippen LogP contribution in [0.2, 0.25) is 0 Å². The van der Waals surface area contributed by atoms with Crippen LogP contribution in [0.25, 0.3) is 0 Å². The molecule has 0 amide bonds. The lowest BCUT2D eigenvalue weighted by Crippen LogP contribution is -2.24. The summed E-state index contributed by atoms with van der Waals surface area (Å²) >= 11 is 0. The Morgan fingerprint density at radius 1 is 0.893 bits per heavy atom. The molecule has 0 aromatic heterocycles. The van der Waals surface area contributed by atoms with Gasteiger partial charge >= 0.3 is 5.97 Å². The van der Waals surface area contributed by atoms with Gasteiger partial charge in [-0.2, -0.15) is 0 Å². The average Bonchev–Trinajstić information content (AvgIpc) is 2.60. The largest absolute Gasteiger partial charge is 0.491 e. The molecule has 0 spiro atoms. The highest BCUT2D eigenvalue weighted by Crippen LogP contribution is 2.17. The molecule has 0 heterocycles. The lowest BCUT2D eigenvalue weighted by atomic mass is 10.1. The molecule has 1 N–H and O–H groups in total. The number of Topliss-reactive ketones (excluding diaryl/α,β-unsaturated/α-hetero) is 1. The molecule has 0 fully saturated rings. The van der Waals surface area contributed by atoms with Crippen molar-refractivity contribution >= 4 is 27.5 Å². The molecule has 0 saturated heterocycles. The first-order valence-corrected chi connectivity index (χ1v) is 10.5. The first kappa shape index (κ1) is 21.4. The van der Waals surface area contributed by atoms with Crippen molar-refractivity contribution in [2.24, 2.45) is 0 Å². The topological polar surface area (TPSA) is 98.8 Å². The van der Waals surface area contributed by atoms with Gasteiger partial charge in [0.2, 0.25) is 15.8 Å². The molecule has 0 radical (unpaired) electrons. The van der Waals surface area contributed by atoms with E-state index in [1.165, 1.54) is 31.2 Å². The van der Waals surface area contributed by atoms with Crippen LogP contribution < -0.4 is 9.46 Å². The zero-order chi connectivity index (χ0) is 20.9. The molecule has 0 aliphatic carbocycles. The third-order valence-electron chi connectivity index (χ3n) is 3.59. The molecule has 1 atom stereocenters. The molecule has 0 aliphatic rings. The predicted octanol–water partition coefficient (Wildman–Crippen LogP) is 3.27. The van der Waals surface area contributed by atoms with E-state index >= 15 is 0 Å². The summed E-state index contributed by atoms with van der Waals surface area (Å²) in [5, 5.41) is 0. The molecule has 7 nitrogen and oxygen atoms in total. The van der Waals surface area contributed by atoms with Crippen molar-refractivity contribution in [3.8, 4) is 5.75 Å². The van der Waals surface area contributed by atoms with E-state index in [0.29, 0.717) is 22.6 Å². The Kier molecular flexibility index (Phi) is 6.80. The third-order valence-corrected chi connectivity index (χ3v) is 4.19. The molecule has 28 heavy (non-hydrogen) atoms. The minimum Gasteiger partial charge on any atom is -0.491 e. The van der Waals surface area contributed by atoms with Crippen molar-refractivity contribution in [2.75, 3.05) is 11.0 Å². The maximum absolute atomic E-state index is 12.4. The molecule has 0 unspecified atom stereocenters. The average molecular weight is 405 g/mol. The third kappa shape index (κ3) is 6.38. The van der Waals surface area contributed by atoms with E-state index in [0.717, 1.165) is 6.26 Å². The molecule has 2 aromatic rings. The van der Waals surface area contributed by atoms with E-state index in [1.54, 1.807) is 24.3 Å². The number of anilines is 1. The van der Waals surface area contributed by atoms with Gasteiger partial charge in [-0.05, 0) is 69.3 Å². The number of benzene rings is 2. The van der Waals surface area contributed by atoms with Crippen LogP contribution in [-0.4, -0.2) is 38.6 Å². The number of hydrogen-bond donors (Lipinski definition) is 1. The lowest BCUT2D eigenvalue weighted by Gasteiger charge is -2.14. The first-order valence-electron chi connectivity index (χ1n) is 8.65. The van der Waals surface area contributed by atoms with Crippen LogP contribution in [0, 0.1) is 0 Å². The van der Waals surface area contributed by atoms with Crippen molar-refractivity contribution in [1.82, 2.24) is 0 Å². The van der Waals surface area contributed by atoms with Gasteiger partial charge in [0.15, 0.2) is 6.10 Å². The summed E-state index contributed by atoms with van der Waals surface area (Å²) in [6.07, 6.45) is 0.0667. The second-order valence-corrected chi connectivity index (χ2v) is 8.30. The molecular weight excluding hydrogens is 382 g/mol. The second-order valence-electron chi connectivity index (χ2n) is 6.55. The maximum atomic E-state index is 12.4. The predicted molar refractivity (Wildman–Crippen MR) is 106 cm³/mol. The highest BCUT2D eigenvalue weighted by atomic mass is 32.2. The fourth-order valence-electron chi connectivity index (χ4n) is 2.38. The summed E-state index contributed by atoms with van der Waals surface area (Å²) in [5.41, 5.74) is 0.955. The number of ether oxygens (including phenoxy) is 2. The lowest BCUT2D eigenvalue weighted by molar-refractivity contribution is 0.0319. The monoisotopic (exact) mass is 405 g/mol. The van der Waals surface area contributed by atoms with E-state index < -0.39 is 22.1 Å². The summed E-state index contributed by atoms with van der Waals surface area (Å²) in [7, 11) is -3.40. The van der Waals surface area contributed by atoms with Crippen molar-refractivity contribution in [3.05, 3.63) is 59.7 Å². The van der Waals surface area contributed by atoms with Gasteiger partial charge in [0, 0.05) is 11.3 Å². The van der Waals surface area contributed by atoms with Gasteiger partial charge in [-0.15, -0.1) is 0 Å². The number of ketones is 1. The fourth-order valence-corrected chi connectivity index (χ4v) is 2.94.